The number of aromatic nitrogens is 2. The molecule has 2 aliphatic rings. The predicted molar refractivity (Wildman–Crippen MR) is 97.8 cm³/mol. The molecule has 1 unspecified atom stereocenters. The Balaban J connectivity index is 1.39. The van der Waals surface area contributed by atoms with E-state index in [0.717, 1.165) is 56.3 Å². The van der Waals surface area contributed by atoms with Gasteiger partial charge in [-0.3, -0.25) is 14.7 Å². The number of anilines is 2. The zero-order valence-corrected chi connectivity index (χ0v) is 14.5. The Hall–Kier alpha value is -2.47. The summed E-state index contributed by atoms with van der Waals surface area (Å²) in [4.78, 5) is 28.1. The Morgan fingerprint density at radius 3 is 2.48 bits per heavy atom. The number of carbonyl (C=O) groups is 1. The van der Waals surface area contributed by atoms with Gasteiger partial charge in [0.05, 0.1) is 17.9 Å². The average Bonchev–Trinajstić information content (AvgIpc) is 3.04. The maximum atomic E-state index is 12.8. The number of aryl methyl sites for hydroxylation is 1. The van der Waals surface area contributed by atoms with E-state index in [1.54, 1.807) is 6.20 Å². The number of benzene rings is 1. The Labute approximate surface area is 148 Å². The van der Waals surface area contributed by atoms with Gasteiger partial charge in [-0.25, -0.2) is 4.98 Å². The summed E-state index contributed by atoms with van der Waals surface area (Å²) in [5.74, 6) is 1.17. The van der Waals surface area contributed by atoms with E-state index >= 15 is 0 Å². The van der Waals surface area contributed by atoms with Crippen molar-refractivity contribution in [1.29, 1.82) is 0 Å². The van der Waals surface area contributed by atoms with Crippen molar-refractivity contribution in [2.45, 2.75) is 19.4 Å². The molecule has 2 fully saturated rings. The standard InChI is InChI=1S/C19H23N5O/c1-15-13-20-14-18(21-15)23-11-9-22(10-12-23)17-7-8-24(19(17)25)16-5-3-2-4-6-16/h2-6,13-14,17H,7-12H2,1H3. The van der Waals surface area contributed by atoms with Crippen LogP contribution >= 0.6 is 0 Å². The molecule has 1 amide bonds. The molecule has 130 valence electrons. The highest BCUT2D eigenvalue weighted by atomic mass is 16.2. The monoisotopic (exact) mass is 337 g/mol. The lowest BCUT2D eigenvalue weighted by atomic mass is 10.2. The fourth-order valence-electron chi connectivity index (χ4n) is 3.73. The molecule has 3 heterocycles. The number of amides is 1. The molecule has 1 atom stereocenters. The van der Waals surface area contributed by atoms with Crippen molar-refractivity contribution < 1.29 is 4.79 Å². The topological polar surface area (TPSA) is 52.6 Å². The third-order valence-electron chi connectivity index (χ3n) is 5.07. The fraction of sp³-hybridized carbons (Fsp3) is 0.421. The molecule has 4 rings (SSSR count). The molecule has 6 heteroatoms. The molecule has 2 aromatic rings. The Bertz CT molecular complexity index is 742. The first-order chi connectivity index (χ1) is 12.2. The highest BCUT2D eigenvalue weighted by molar-refractivity contribution is 5.99. The summed E-state index contributed by atoms with van der Waals surface area (Å²) in [7, 11) is 0. The van der Waals surface area contributed by atoms with Crippen LogP contribution < -0.4 is 9.80 Å². The SMILES string of the molecule is Cc1cncc(N2CCN(C3CCN(c4ccccc4)C3=O)CC2)n1. The van der Waals surface area contributed by atoms with Gasteiger partial charge in [0, 0.05) is 44.6 Å². The molecule has 2 saturated heterocycles. The van der Waals surface area contributed by atoms with Gasteiger partial charge in [-0.2, -0.15) is 0 Å². The van der Waals surface area contributed by atoms with Crippen molar-refractivity contribution in [3.8, 4) is 0 Å². The van der Waals surface area contributed by atoms with Crippen LogP contribution in [0.4, 0.5) is 11.5 Å². The molecule has 6 nitrogen and oxygen atoms in total. The van der Waals surface area contributed by atoms with Crippen LogP contribution in [0, 0.1) is 6.92 Å². The van der Waals surface area contributed by atoms with Crippen molar-refractivity contribution in [1.82, 2.24) is 14.9 Å². The van der Waals surface area contributed by atoms with E-state index in [1.165, 1.54) is 0 Å². The van der Waals surface area contributed by atoms with Crippen LogP contribution in [-0.2, 0) is 4.79 Å². The molecular formula is C19H23N5O. The van der Waals surface area contributed by atoms with E-state index in [0.29, 0.717) is 0 Å². The van der Waals surface area contributed by atoms with E-state index in [9.17, 15) is 4.79 Å². The van der Waals surface area contributed by atoms with Gasteiger partial charge in [-0.1, -0.05) is 18.2 Å². The molecule has 0 radical (unpaired) electrons. The van der Waals surface area contributed by atoms with Gasteiger partial charge in [0.15, 0.2) is 0 Å². The molecular weight excluding hydrogens is 314 g/mol. The van der Waals surface area contributed by atoms with Gasteiger partial charge >= 0.3 is 0 Å². The number of rotatable bonds is 3. The second-order valence-corrected chi connectivity index (χ2v) is 6.67. The van der Waals surface area contributed by atoms with Gasteiger partial charge in [0.1, 0.15) is 5.82 Å². The summed E-state index contributed by atoms with van der Waals surface area (Å²) in [6.07, 6.45) is 4.49. The van der Waals surface area contributed by atoms with Gasteiger partial charge in [0.2, 0.25) is 5.91 Å². The quantitative estimate of drug-likeness (QED) is 0.853. The summed E-state index contributed by atoms with van der Waals surface area (Å²) in [6, 6.07) is 9.97. The van der Waals surface area contributed by atoms with E-state index in [1.807, 2.05) is 48.4 Å². The minimum absolute atomic E-state index is 0.00551. The van der Waals surface area contributed by atoms with Gasteiger partial charge in [0.25, 0.3) is 0 Å². The molecule has 0 N–H and O–H groups in total. The van der Waals surface area contributed by atoms with Crippen LogP contribution in [-0.4, -0.2) is 59.5 Å². The van der Waals surface area contributed by atoms with Crippen LogP contribution in [0.5, 0.6) is 0 Å². The van der Waals surface area contributed by atoms with Crippen LogP contribution in [0.15, 0.2) is 42.7 Å². The first-order valence-electron chi connectivity index (χ1n) is 8.86. The number of para-hydroxylation sites is 1. The van der Waals surface area contributed by atoms with Crippen LogP contribution in [0.3, 0.4) is 0 Å². The maximum Gasteiger partial charge on any atom is 0.244 e. The molecule has 2 aliphatic heterocycles. The molecule has 0 aliphatic carbocycles. The zero-order valence-electron chi connectivity index (χ0n) is 14.5. The second kappa shape index (κ2) is 6.80. The Morgan fingerprint density at radius 1 is 1.00 bits per heavy atom. The zero-order chi connectivity index (χ0) is 17.2. The maximum absolute atomic E-state index is 12.8. The van der Waals surface area contributed by atoms with Crippen molar-refractivity contribution in [3.63, 3.8) is 0 Å². The van der Waals surface area contributed by atoms with Gasteiger partial charge in [-0.05, 0) is 25.5 Å². The molecule has 1 aromatic carbocycles. The van der Waals surface area contributed by atoms with Crippen LogP contribution in [0.25, 0.3) is 0 Å². The minimum atomic E-state index is 0.00551. The summed E-state index contributed by atoms with van der Waals surface area (Å²) in [6.45, 7) is 6.29. The van der Waals surface area contributed by atoms with E-state index < -0.39 is 0 Å². The first kappa shape index (κ1) is 16.0. The third-order valence-corrected chi connectivity index (χ3v) is 5.07. The van der Waals surface area contributed by atoms with Crippen LogP contribution in [0.1, 0.15) is 12.1 Å². The lowest BCUT2D eigenvalue weighted by Crippen LogP contribution is -2.52. The smallest absolute Gasteiger partial charge is 0.244 e. The minimum Gasteiger partial charge on any atom is -0.353 e. The molecule has 0 saturated carbocycles. The molecule has 25 heavy (non-hydrogen) atoms. The largest absolute Gasteiger partial charge is 0.353 e. The van der Waals surface area contributed by atoms with Crippen LogP contribution in [0.2, 0.25) is 0 Å². The molecule has 0 bridgehead atoms. The van der Waals surface area contributed by atoms with E-state index in [2.05, 4.69) is 19.8 Å². The summed E-state index contributed by atoms with van der Waals surface area (Å²) in [5, 5.41) is 0. The number of carbonyl (C=O) groups excluding carboxylic acids is 1. The van der Waals surface area contributed by atoms with Crippen molar-refractivity contribution in [2.75, 3.05) is 42.5 Å². The summed E-state index contributed by atoms with van der Waals surface area (Å²) < 4.78 is 0. The lowest BCUT2D eigenvalue weighted by Gasteiger charge is -2.37. The normalized spacial score (nSPS) is 21.8. The second-order valence-electron chi connectivity index (χ2n) is 6.67. The number of hydrogen-bond donors (Lipinski definition) is 0. The predicted octanol–water partition coefficient (Wildman–Crippen LogP) is 1.71. The third kappa shape index (κ3) is 3.22. The summed E-state index contributed by atoms with van der Waals surface area (Å²) >= 11 is 0. The van der Waals surface area contributed by atoms with E-state index in [-0.39, 0.29) is 11.9 Å². The fourth-order valence-corrected chi connectivity index (χ4v) is 3.73. The molecule has 1 aromatic heterocycles. The Morgan fingerprint density at radius 2 is 1.76 bits per heavy atom. The number of piperazine rings is 1. The van der Waals surface area contributed by atoms with E-state index in [4.69, 9.17) is 0 Å². The van der Waals surface area contributed by atoms with Crippen molar-refractivity contribution >= 4 is 17.4 Å². The Kier molecular flexibility index (Phi) is 4.36. The summed E-state index contributed by atoms with van der Waals surface area (Å²) in [5.41, 5.74) is 1.94. The number of nitrogens with zero attached hydrogens (tertiary/aromatic N) is 5. The lowest BCUT2D eigenvalue weighted by molar-refractivity contribution is -0.121. The average molecular weight is 337 g/mol. The number of hydrogen-bond acceptors (Lipinski definition) is 5. The van der Waals surface area contributed by atoms with Crippen molar-refractivity contribution in [3.05, 3.63) is 48.4 Å². The van der Waals surface area contributed by atoms with Crippen molar-refractivity contribution in [2.24, 2.45) is 0 Å². The highest BCUT2D eigenvalue weighted by Gasteiger charge is 2.37. The highest BCUT2D eigenvalue weighted by Crippen LogP contribution is 2.25. The first-order valence-corrected chi connectivity index (χ1v) is 8.86. The van der Waals surface area contributed by atoms with Gasteiger partial charge in [-0.15, -0.1) is 0 Å². The van der Waals surface area contributed by atoms with Gasteiger partial charge < -0.3 is 9.80 Å². The molecule has 0 spiro atoms.